The minimum absolute atomic E-state index is 0.0524. The normalized spacial score (nSPS) is 20.7. The average Bonchev–Trinajstić information content (AvgIpc) is 2.96. The molecule has 0 aromatic carbocycles. The van der Waals surface area contributed by atoms with Crippen molar-refractivity contribution in [3.8, 4) is 0 Å². The second-order valence-corrected chi connectivity index (χ2v) is 5.56. The van der Waals surface area contributed by atoms with Gasteiger partial charge in [-0.3, -0.25) is 14.8 Å². The van der Waals surface area contributed by atoms with Crippen molar-refractivity contribution in [1.29, 1.82) is 0 Å². The highest BCUT2D eigenvalue weighted by Gasteiger charge is 2.27. The van der Waals surface area contributed by atoms with Crippen molar-refractivity contribution in [2.75, 3.05) is 6.54 Å². The van der Waals surface area contributed by atoms with Gasteiger partial charge in [0.15, 0.2) is 5.65 Å². The molecule has 1 aliphatic heterocycles. The molecule has 0 saturated carbocycles. The summed E-state index contributed by atoms with van der Waals surface area (Å²) in [4.78, 5) is 18.7. The first kappa shape index (κ1) is 12.4. The number of hydrogen-bond donors (Lipinski definition) is 1. The van der Waals surface area contributed by atoms with Gasteiger partial charge in [-0.1, -0.05) is 6.07 Å². The molecule has 0 aliphatic carbocycles. The zero-order valence-corrected chi connectivity index (χ0v) is 11.5. The van der Waals surface area contributed by atoms with Crippen LogP contribution in [0.4, 0.5) is 0 Å². The number of fused-ring (bicyclic) bond motifs is 1. The van der Waals surface area contributed by atoms with E-state index in [1.165, 1.54) is 23.9 Å². The first-order valence-corrected chi connectivity index (χ1v) is 6.97. The second-order valence-electron chi connectivity index (χ2n) is 5.56. The number of hydrogen-bond acceptors (Lipinski definition) is 3. The van der Waals surface area contributed by atoms with Crippen molar-refractivity contribution in [3.05, 3.63) is 34.4 Å². The molecule has 1 atom stereocenters. The van der Waals surface area contributed by atoms with Gasteiger partial charge in [0.1, 0.15) is 5.82 Å². The lowest BCUT2D eigenvalue weighted by molar-refractivity contribution is 0.201. The summed E-state index contributed by atoms with van der Waals surface area (Å²) in [6.45, 7) is 5.64. The topological polar surface area (TPSA) is 53.4 Å². The molecule has 1 saturated heterocycles. The molecule has 1 fully saturated rings. The smallest absolute Gasteiger partial charge is 0.271 e. The summed E-state index contributed by atoms with van der Waals surface area (Å²) in [5, 5.41) is 3.12. The number of H-pyrrole nitrogens is 1. The third-order valence-electron chi connectivity index (χ3n) is 3.94. The van der Waals surface area contributed by atoms with Crippen LogP contribution in [0.2, 0.25) is 0 Å². The molecule has 2 aromatic rings. The van der Waals surface area contributed by atoms with Crippen LogP contribution in [0.1, 0.15) is 32.5 Å². The van der Waals surface area contributed by atoms with Crippen LogP contribution in [0.15, 0.2) is 23.0 Å². The number of aromatic amines is 1. The van der Waals surface area contributed by atoms with Gasteiger partial charge in [-0.2, -0.15) is 0 Å². The van der Waals surface area contributed by atoms with Crippen molar-refractivity contribution in [2.24, 2.45) is 0 Å². The first-order valence-electron chi connectivity index (χ1n) is 6.97. The highest BCUT2D eigenvalue weighted by Crippen LogP contribution is 2.22. The fourth-order valence-corrected chi connectivity index (χ4v) is 3.04. The van der Waals surface area contributed by atoms with Gasteiger partial charge in [0.25, 0.3) is 5.56 Å². The highest BCUT2D eigenvalue weighted by atomic mass is 16.1. The predicted molar refractivity (Wildman–Crippen MR) is 74.4 cm³/mol. The number of likely N-dealkylation sites (tertiary alicyclic amines) is 1. The van der Waals surface area contributed by atoms with Crippen molar-refractivity contribution in [3.63, 3.8) is 0 Å². The van der Waals surface area contributed by atoms with Crippen LogP contribution in [0, 0.1) is 0 Å². The molecule has 0 bridgehead atoms. The molecule has 5 nitrogen and oxygen atoms in total. The molecule has 0 amide bonds. The van der Waals surface area contributed by atoms with E-state index in [0.29, 0.717) is 17.7 Å². The van der Waals surface area contributed by atoms with Crippen molar-refractivity contribution in [1.82, 2.24) is 19.5 Å². The molecule has 1 aliphatic rings. The lowest BCUT2D eigenvalue weighted by Crippen LogP contribution is -2.36. The van der Waals surface area contributed by atoms with Crippen LogP contribution in [-0.2, 0) is 6.42 Å². The van der Waals surface area contributed by atoms with Gasteiger partial charge in [-0.05, 0) is 39.3 Å². The summed E-state index contributed by atoms with van der Waals surface area (Å²) < 4.78 is 1.52. The standard InChI is InChI=1S/C14H20N4O/c1-10(2)17-8-4-5-11(17)9-12-15-13-6-3-7-14(19)18(13)16-12/h3,6-7,10-11H,4-5,8-9H2,1-2H3,(H,15,16). The maximum atomic E-state index is 11.7. The maximum Gasteiger partial charge on any atom is 0.271 e. The highest BCUT2D eigenvalue weighted by molar-refractivity contribution is 5.36. The van der Waals surface area contributed by atoms with Gasteiger partial charge in [-0.15, -0.1) is 0 Å². The molecule has 2 aromatic heterocycles. The third-order valence-corrected chi connectivity index (χ3v) is 3.94. The van der Waals surface area contributed by atoms with Crippen LogP contribution >= 0.6 is 0 Å². The van der Waals surface area contributed by atoms with Gasteiger partial charge >= 0.3 is 0 Å². The van der Waals surface area contributed by atoms with E-state index in [1.807, 2.05) is 6.07 Å². The van der Waals surface area contributed by atoms with Gasteiger partial charge < -0.3 is 0 Å². The van der Waals surface area contributed by atoms with Crippen LogP contribution in [-0.4, -0.2) is 38.1 Å². The molecule has 19 heavy (non-hydrogen) atoms. The molecule has 102 valence electrons. The lowest BCUT2D eigenvalue weighted by Gasteiger charge is -2.27. The van der Waals surface area contributed by atoms with Crippen LogP contribution in [0.25, 0.3) is 5.65 Å². The molecule has 0 spiro atoms. The van der Waals surface area contributed by atoms with Crippen LogP contribution < -0.4 is 5.56 Å². The molecular formula is C14H20N4O. The zero-order chi connectivity index (χ0) is 13.4. The van der Waals surface area contributed by atoms with E-state index >= 15 is 0 Å². The molecular weight excluding hydrogens is 240 g/mol. The maximum absolute atomic E-state index is 11.7. The summed E-state index contributed by atoms with van der Waals surface area (Å²) >= 11 is 0. The number of rotatable bonds is 3. The molecule has 3 rings (SSSR count). The quantitative estimate of drug-likeness (QED) is 0.908. The summed E-state index contributed by atoms with van der Waals surface area (Å²) in [5.74, 6) is 0.904. The second kappa shape index (κ2) is 4.81. The first-order chi connectivity index (χ1) is 9.15. The fourth-order valence-electron chi connectivity index (χ4n) is 3.04. The number of aromatic nitrogens is 3. The SMILES string of the molecule is CC(C)N1CCCC1Cc1nc2cccc(=O)n2[nH]1. The fraction of sp³-hybridized carbons (Fsp3) is 0.571. The lowest BCUT2D eigenvalue weighted by atomic mass is 10.1. The Morgan fingerprint density at radius 1 is 1.47 bits per heavy atom. The van der Waals surface area contributed by atoms with Gasteiger partial charge in [0.05, 0.1) is 0 Å². The third kappa shape index (κ3) is 2.30. The summed E-state index contributed by atoms with van der Waals surface area (Å²) in [7, 11) is 0. The molecule has 1 unspecified atom stereocenters. The number of nitrogens with one attached hydrogen (secondary N) is 1. The minimum atomic E-state index is -0.0524. The van der Waals surface area contributed by atoms with E-state index in [4.69, 9.17) is 0 Å². The Balaban J connectivity index is 1.85. The van der Waals surface area contributed by atoms with E-state index in [1.54, 1.807) is 12.1 Å². The Labute approximate surface area is 112 Å². The van der Waals surface area contributed by atoms with Crippen LogP contribution in [0.5, 0.6) is 0 Å². The van der Waals surface area contributed by atoms with E-state index in [-0.39, 0.29) is 5.56 Å². The summed E-state index contributed by atoms with van der Waals surface area (Å²) in [6.07, 6.45) is 3.35. The van der Waals surface area contributed by atoms with E-state index < -0.39 is 0 Å². The van der Waals surface area contributed by atoms with Gasteiger partial charge in [0.2, 0.25) is 0 Å². The molecule has 1 N–H and O–H groups in total. The Morgan fingerprint density at radius 3 is 3.05 bits per heavy atom. The van der Waals surface area contributed by atoms with Crippen LogP contribution in [0.3, 0.4) is 0 Å². The van der Waals surface area contributed by atoms with E-state index in [2.05, 4.69) is 28.8 Å². The largest absolute Gasteiger partial charge is 0.298 e. The Hall–Kier alpha value is -1.62. The predicted octanol–water partition coefficient (Wildman–Crippen LogP) is 1.44. The summed E-state index contributed by atoms with van der Waals surface area (Å²) in [5.41, 5.74) is 0.653. The number of pyridine rings is 1. The monoisotopic (exact) mass is 260 g/mol. The molecule has 0 radical (unpaired) electrons. The minimum Gasteiger partial charge on any atom is -0.298 e. The van der Waals surface area contributed by atoms with Gasteiger partial charge in [0, 0.05) is 24.6 Å². The van der Waals surface area contributed by atoms with E-state index in [0.717, 1.165) is 12.2 Å². The Morgan fingerprint density at radius 2 is 2.32 bits per heavy atom. The van der Waals surface area contributed by atoms with Gasteiger partial charge in [-0.25, -0.2) is 9.50 Å². The van der Waals surface area contributed by atoms with Crippen molar-refractivity contribution in [2.45, 2.75) is 45.2 Å². The Bertz CT molecular complexity index is 628. The zero-order valence-electron chi connectivity index (χ0n) is 11.5. The Kier molecular flexibility index (Phi) is 3.14. The molecule has 5 heteroatoms. The van der Waals surface area contributed by atoms with Crippen molar-refractivity contribution < 1.29 is 0 Å². The number of nitrogens with zero attached hydrogens (tertiary/aromatic N) is 3. The van der Waals surface area contributed by atoms with Crippen molar-refractivity contribution >= 4 is 5.65 Å². The molecule has 3 heterocycles. The van der Waals surface area contributed by atoms with E-state index in [9.17, 15) is 4.79 Å². The summed E-state index contributed by atoms with van der Waals surface area (Å²) in [6, 6.07) is 6.26. The average molecular weight is 260 g/mol.